The summed E-state index contributed by atoms with van der Waals surface area (Å²) in [5.41, 5.74) is 1.34. The molecule has 1 rings (SSSR count). The van der Waals surface area contributed by atoms with Gasteiger partial charge in [0, 0.05) is 6.08 Å². The SMILES string of the molecule is COc1ccc(CC(=O)O)c(C=CC#N)c1. The molecule has 1 aromatic carbocycles. The summed E-state index contributed by atoms with van der Waals surface area (Å²) in [5.74, 6) is -0.275. The number of benzene rings is 1. The number of ether oxygens (including phenoxy) is 1. The number of carboxylic acid groups (broad SMARTS) is 1. The van der Waals surface area contributed by atoms with Gasteiger partial charge >= 0.3 is 5.97 Å². The molecule has 0 radical (unpaired) electrons. The summed E-state index contributed by atoms with van der Waals surface area (Å²) in [6.45, 7) is 0. The zero-order valence-electron chi connectivity index (χ0n) is 8.80. The average molecular weight is 217 g/mol. The van der Waals surface area contributed by atoms with Crippen LogP contribution in [0.3, 0.4) is 0 Å². The lowest BCUT2D eigenvalue weighted by molar-refractivity contribution is -0.136. The standard InChI is InChI=1S/C12H11NO3/c1-16-11-5-4-10(8-12(14)15)9(7-11)3-2-6-13/h2-5,7H,8H2,1H3,(H,14,15). The van der Waals surface area contributed by atoms with Crippen LogP contribution < -0.4 is 4.74 Å². The summed E-state index contributed by atoms with van der Waals surface area (Å²) in [6.07, 6.45) is 2.80. The predicted molar refractivity (Wildman–Crippen MR) is 59.0 cm³/mol. The summed E-state index contributed by atoms with van der Waals surface area (Å²) in [6, 6.07) is 6.95. The lowest BCUT2D eigenvalue weighted by Gasteiger charge is -2.06. The number of nitrogens with zero attached hydrogens (tertiary/aromatic N) is 1. The minimum Gasteiger partial charge on any atom is -0.497 e. The molecule has 0 aromatic heterocycles. The molecule has 1 N–H and O–H groups in total. The second-order valence-corrected chi connectivity index (χ2v) is 3.10. The first-order valence-electron chi connectivity index (χ1n) is 4.62. The van der Waals surface area contributed by atoms with Crippen LogP contribution in [0.25, 0.3) is 6.08 Å². The molecular formula is C12H11NO3. The van der Waals surface area contributed by atoms with Gasteiger partial charge in [-0.2, -0.15) is 5.26 Å². The zero-order chi connectivity index (χ0) is 12.0. The van der Waals surface area contributed by atoms with Gasteiger partial charge in [0.2, 0.25) is 0 Å². The topological polar surface area (TPSA) is 70.3 Å². The molecule has 4 heteroatoms. The lowest BCUT2D eigenvalue weighted by atomic mass is 10.0. The maximum Gasteiger partial charge on any atom is 0.307 e. The minimum atomic E-state index is -0.906. The summed E-state index contributed by atoms with van der Waals surface area (Å²) < 4.78 is 5.03. The van der Waals surface area contributed by atoms with Gasteiger partial charge in [-0.15, -0.1) is 0 Å². The van der Waals surface area contributed by atoms with Crippen molar-refractivity contribution < 1.29 is 14.6 Å². The highest BCUT2D eigenvalue weighted by Crippen LogP contribution is 2.19. The summed E-state index contributed by atoms with van der Waals surface area (Å²) in [7, 11) is 1.53. The van der Waals surface area contributed by atoms with Crippen LogP contribution in [-0.4, -0.2) is 18.2 Å². The van der Waals surface area contributed by atoms with Crippen molar-refractivity contribution in [3.05, 3.63) is 35.4 Å². The molecule has 0 fully saturated rings. The van der Waals surface area contributed by atoms with E-state index in [4.69, 9.17) is 15.1 Å². The third-order valence-electron chi connectivity index (χ3n) is 2.03. The molecule has 0 aliphatic rings. The zero-order valence-corrected chi connectivity index (χ0v) is 8.80. The quantitative estimate of drug-likeness (QED) is 0.781. The van der Waals surface area contributed by atoms with Crippen LogP contribution in [0, 0.1) is 11.3 Å². The van der Waals surface area contributed by atoms with Gasteiger partial charge in [0.05, 0.1) is 19.6 Å². The Bertz CT molecular complexity index is 458. The molecule has 4 nitrogen and oxygen atoms in total. The van der Waals surface area contributed by atoms with Gasteiger partial charge < -0.3 is 9.84 Å². The number of rotatable bonds is 4. The van der Waals surface area contributed by atoms with Crippen LogP contribution in [0.4, 0.5) is 0 Å². The van der Waals surface area contributed by atoms with Crippen LogP contribution in [0.5, 0.6) is 5.75 Å². The maximum absolute atomic E-state index is 10.6. The van der Waals surface area contributed by atoms with Gasteiger partial charge in [-0.25, -0.2) is 0 Å². The van der Waals surface area contributed by atoms with Crippen LogP contribution in [0.1, 0.15) is 11.1 Å². The monoisotopic (exact) mass is 217 g/mol. The van der Waals surface area contributed by atoms with Crippen LogP contribution in [0.15, 0.2) is 24.3 Å². The number of carboxylic acids is 1. The smallest absolute Gasteiger partial charge is 0.307 e. The van der Waals surface area contributed by atoms with Gasteiger partial charge in [-0.3, -0.25) is 4.79 Å². The molecule has 0 saturated carbocycles. The van der Waals surface area contributed by atoms with Gasteiger partial charge in [0.15, 0.2) is 0 Å². The van der Waals surface area contributed by atoms with E-state index in [1.807, 2.05) is 6.07 Å². The molecule has 0 heterocycles. The number of aliphatic carboxylic acids is 1. The van der Waals surface area contributed by atoms with Crippen molar-refractivity contribution in [2.45, 2.75) is 6.42 Å². The minimum absolute atomic E-state index is 0.0743. The third kappa shape index (κ3) is 3.14. The number of allylic oxidation sites excluding steroid dienone is 1. The van der Waals surface area contributed by atoms with Crippen molar-refractivity contribution in [1.82, 2.24) is 0 Å². The first kappa shape index (κ1) is 11.8. The highest BCUT2D eigenvalue weighted by Gasteiger charge is 2.06. The average Bonchev–Trinajstić information content (AvgIpc) is 2.27. The highest BCUT2D eigenvalue weighted by molar-refractivity contribution is 5.73. The van der Waals surface area contributed by atoms with Crippen molar-refractivity contribution in [2.75, 3.05) is 7.11 Å². The largest absolute Gasteiger partial charge is 0.497 e. The number of hydrogen-bond donors (Lipinski definition) is 1. The summed E-state index contributed by atoms with van der Waals surface area (Å²) in [4.78, 5) is 10.6. The molecule has 0 aliphatic carbocycles. The molecule has 0 atom stereocenters. The van der Waals surface area contributed by atoms with Crippen molar-refractivity contribution in [3.63, 3.8) is 0 Å². The molecule has 82 valence electrons. The van der Waals surface area contributed by atoms with Crippen LogP contribution in [-0.2, 0) is 11.2 Å². The Balaban J connectivity index is 3.11. The van der Waals surface area contributed by atoms with E-state index < -0.39 is 5.97 Å². The fourth-order valence-electron chi connectivity index (χ4n) is 1.31. The molecule has 0 saturated heterocycles. The Morgan fingerprint density at radius 3 is 2.94 bits per heavy atom. The van der Waals surface area contributed by atoms with E-state index in [1.54, 1.807) is 24.3 Å². The normalized spacial score (nSPS) is 10.0. The highest BCUT2D eigenvalue weighted by atomic mass is 16.5. The Morgan fingerprint density at radius 1 is 1.62 bits per heavy atom. The molecule has 0 amide bonds. The fourth-order valence-corrected chi connectivity index (χ4v) is 1.31. The van der Waals surface area contributed by atoms with Gasteiger partial charge in [-0.1, -0.05) is 6.07 Å². The number of methoxy groups -OCH3 is 1. The summed E-state index contributed by atoms with van der Waals surface area (Å²) in [5, 5.41) is 17.2. The number of hydrogen-bond acceptors (Lipinski definition) is 3. The lowest BCUT2D eigenvalue weighted by Crippen LogP contribution is -2.02. The Kier molecular flexibility index (Phi) is 4.10. The van der Waals surface area contributed by atoms with Crippen molar-refractivity contribution in [2.24, 2.45) is 0 Å². The van der Waals surface area contributed by atoms with Crippen LogP contribution in [0.2, 0.25) is 0 Å². The molecular weight excluding hydrogens is 206 g/mol. The van der Waals surface area contributed by atoms with E-state index in [-0.39, 0.29) is 6.42 Å². The molecule has 0 unspecified atom stereocenters. The maximum atomic E-state index is 10.6. The molecule has 1 aromatic rings. The molecule has 0 aliphatic heterocycles. The first-order chi connectivity index (χ1) is 7.67. The second-order valence-electron chi connectivity index (χ2n) is 3.10. The summed E-state index contributed by atoms with van der Waals surface area (Å²) >= 11 is 0. The van der Waals surface area contributed by atoms with E-state index >= 15 is 0 Å². The van der Waals surface area contributed by atoms with E-state index in [2.05, 4.69) is 0 Å². The van der Waals surface area contributed by atoms with E-state index in [0.29, 0.717) is 16.9 Å². The molecule has 0 bridgehead atoms. The van der Waals surface area contributed by atoms with E-state index in [9.17, 15) is 4.79 Å². The Morgan fingerprint density at radius 2 is 2.38 bits per heavy atom. The van der Waals surface area contributed by atoms with Gasteiger partial charge in [-0.05, 0) is 29.3 Å². The van der Waals surface area contributed by atoms with Crippen LogP contribution >= 0.6 is 0 Å². The predicted octanol–water partition coefficient (Wildman–Crippen LogP) is 1.86. The van der Waals surface area contributed by atoms with Crippen molar-refractivity contribution in [1.29, 1.82) is 5.26 Å². The number of carbonyl (C=O) groups is 1. The Hall–Kier alpha value is -2.28. The Labute approximate surface area is 93.4 Å². The molecule has 16 heavy (non-hydrogen) atoms. The van der Waals surface area contributed by atoms with Crippen molar-refractivity contribution in [3.8, 4) is 11.8 Å². The van der Waals surface area contributed by atoms with Crippen molar-refractivity contribution >= 4 is 12.0 Å². The molecule has 0 spiro atoms. The second kappa shape index (κ2) is 5.56. The fraction of sp³-hybridized carbons (Fsp3) is 0.167. The van der Waals surface area contributed by atoms with E-state index in [1.165, 1.54) is 13.2 Å². The first-order valence-corrected chi connectivity index (χ1v) is 4.62. The number of nitriles is 1. The van der Waals surface area contributed by atoms with E-state index in [0.717, 1.165) is 0 Å². The van der Waals surface area contributed by atoms with Gasteiger partial charge in [0.25, 0.3) is 0 Å². The van der Waals surface area contributed by atoms with Gasteiger partial charge in [0.1, 0.15) is 5.75 Å². The third-order valence-corrected chi connectivity index (χ3v) is 2.03.